The molecule has 1 aliphatic rings. The first-order chi connectivity index (χ1) is 7.49. The second kappa shape index (κ2) is 3.78. The van der Waals surface area contributed by atoms with Crippen LogP contribution < -0.4 is 16.6 Å². The lowest BCUT2D eigenvalue weighted by Gasteiger charge is -2.10. The van der Waals surface area contributed by atoms with Crippen LogP contribution in [0.25, 0.3) is 0 Å². The van der Waals surface area contributed by atoms with E-state index in [9.17, 15) is 13.2 Å². The zero-order valence-electron chi connectivity index (χ0n) is 8.17. The van der Waals surface area contributed by atoms with Crippen molar-refractivity contribution < 1.29 is 13.2 Å². The number of anilines is 2. The molecule has 5 nitrogen and oxygen atoms in total. The number of nitrogens with two attached hydrogens (primary N) is 1. The topological polar surface area (TPSA) is 75.9 Å². The molecule has 1 fully saturated rings. The van der Waals surface area contributed by atoms with E-state index in [0.717, 1.165) is 18.9 Å². The van der Waals surface area contributed by atoms with E-state index in [4.69, 9.17) is 5.84 Å². The summed E-state index contributed by atoms with van der Waals surface area (Å²) in [6, 6.07) is 1.08. The van der Waals surface area contributed by atoms with Crippen molar-refractivity contribution in [2.75, 3.05) is 10.7 Å². The summed E-state index contributed by atoms with van der Waals surface area (Å²) in [5, 5.41) is 2.86. The first kappa shape index (κ1) is 10.9. The average Bonchev–Trinajstić information content (AvgIpc) is 3.00. The molecule has 88 valence electrons. The van der Waals surface area contributed by atoms with Gasteiger partial charge in [-0.3, -0.25) is 5.43 Å². The number of aromatic nitrogens is 2. The summed E-state index contributed by atoms with van der Waals surface area (Å²) in [6.07, 6.45) is -2.62. The molecule has 0 radical (unpaired) electrons. The highest BCUT2D eigenvalue weighted by atomic mass is 19.4. The summed E-state index contributed by atoms with van der Waals surface area (Å²) < 4.78 is 37.4. The monoisotopic (exact) mass is 233 g/mol. The summed E-state index contributed by atoms with van der Waals surface area (Å²) in [5.74, 6) is 4.89. The molecule has 2 rings (SSSR count). The zero-order chi connectivity index (χ0) is 11.8. The number of rotatable bonds is 3. The second-order valence-corrected chi connectivity index (χ2v) is 3.52. The van der Waals surface area contributed by atoms with Gasteiger partial charge in [0, 0.05) is 12.1 Å². The third-order valence-corrected chi connectivity index (χ3v) is 2.08. The molecule has 1 aromatic rings. The van der Waals surface area contributed by atoms with Gasteiger partial charge in [-0.15, -0.1) is 0 Å². The number of halogens is 3. The fourth-order valence-corrected chi connectivity index (χ4v) is 1.17. The van der Waals surface area contributed by atoms with Gasteiger partial charge in [0.05, 0.1) is 0 Å². The maximum atomic E-state index is 12.5. The van der Waals surface area contributed by atoms with Gasteiger partial charge in [0.25, 0.3) is 0 Å². The maximum absolute atomic E-state index is 12.5. The maximum Gasteiger partial charge on any atom is 0.433 e. The Kier molecular flexibility index (Phi) is 2.58. The van der Waals surface area contributed by atoms with Gasteiger partial charge in [-0.25, -0.2) is 10.8 Å². The Balaban J connectivity index is 2.29. The first-order valence-corrected chi connectivity index (χ1v) is 4.68. The van der Waals surface area contributed by atoms with Crippen molar-refractivity contribution in [2.24, 2.45) is 5.84 Å². The van der Waals surface area contributed by atoms with Crippen LogP contribution in [0.1, 0.15) is 18.5 Å². The number of alkyl halides is 3. The Morgan fingerprint density at radius 1 is 1.31 bits per heavy atom. The molecule has 0 bridgehead atoms. The van der Waals surface area contributed by atoms with Gasteiger partial charge < -0.3 is 5.32 Å². The minimum atomic E-state index is -4.51. The molecule has 1 aromatic heterocycles. The number of hydrazine groups is 1. The number of nitrogens with zero attached hydrogens (tertiary/aromatic N) is 2. The SMILES string of the molecule is NNc1nc(NC2CC2)cc(C(F)(F)F)n1. The van der Waals surface area contributed by atoms with E-state index in [1.165, 1.54) is 0 Å². The fourth-order valence-electron chi connectivity index (χ4n) is 1.17. The lowest BCUT2D eigenvalue weighted by atomic mass is 10.3. The number of nitrogen functional groups attached to an aromatic ring is 1. The van der Waals surface area contributed by atoms with E-state index in [-0.39, 0.29) is 17.8 Å². The molecule has 4 N–H and O–H groups in total. The largest absolute Gasteiger partial charge is 0.433 e. The molecule has 0 aliphatic heterocycles. The Bertz CT molecular complexity index is 388. The van der Waals surface area contributed by atoms with Crippen LogP contribution in [0, 0.1) is 0 Å². The Morgan fingerprint density at radius 3 is 2.50 bits per heavy atom. The highest BCUT2D eigenvalue weighted by Crippen LogP contribution is 2.31. The summed E-state index contributed by atoms with van der Waals surface area (Å²) in [7, 11) is 0. The number of hydrogen-bond acceptors (Lipinski definition) is 5. The van der Waals surface area contributed by atoms with E-state index in [0.29, 0.717) is 0 Å². The Labute approximate surface area is 89.2 Å². The van der Waals surface area contributed by atoms with Crippen molar-refractivity contribution >= 4 is 11.8 Å². The van der Waals surface area contributed by atoms with Gasteiger partial charge in [0.15, 0.2) is 5.69 Å². The van der Waals surface area contributed by atoms with Crippen molar-refractivity contribution in [3.63, 3.8) is 0 Å². The van der Waals surface area contributed by atoms with Gasteiger partial charge in [0.2, 0.25) is 5.95 Å². The quantitative estimate of drug-likeness (QED) is 0.542. The second-order valence-electron chi connectivity index (χ2n) is 3.52. The van der Waals surface area contributed by atoms with Gasteiger partial charge in [-0.2, -0.15) is 18.2 Å². The summed E-state index contributed by atoms with van der Waals surface area (Å²) in [5.41, 5.74) is 0.996. The fraction of sp³-hybridized carbons (Fsp3) is 0.500. The van der Waals surface area contributed by atoms with Crippen LogP contribution in [0.3, 0.4) is 0 Å². The predicted molar refractivity (Wildman–Crippen MR) is 51.5 cm³/mol. The van der Waals surface area contributed by atoms with Crippen LogP contribution in [0.2, 0.25) is 0 Å². The van der Waals surface area contributed by atoms with Crippen LogP contribution in [-0.2, 0) is 6.18 Å². The summed E-state index contributed by atoms with van der Waals surface area (Å²) in [6.45, 7) is 0. The van der Waals surface area contributed by atoms with E-state index < -0.39 is 11.9 Å². The first-order valence-electron chi connectivity index (χ1n) is 4.68. The molecule has 0 aromatic carbocycles. The van der Waals surface area contributed by atoms with Gasteiger partial charge in [0.1, 0.15) is 5.82 Å². The van der Waals surface area contributed by atoms with Crippen molar-refractivity contribution in [1.29, 1.82) is 0 Å². The average molecular weight is 233 g/mol. The molecule has 0 atom stereocenters. The molecular weight excluding hydrogens is 223 g/mol. The van der Waals surface area contributed by atoms with Crippen LogP contribution in [0.5, 0.6) is 0 Å². The van der Waals surface area contributed by atoms with Crippen molar-refractivity contribution in [2.45, 2.75) is 25.1 Å². The molecule has 1 saturated carbocycles. The molecule has 0 spiro atoms. The third-order valence-electron chi connectivity index (χ3n) is 2.08. The molecule has 1 aliphatic carbocycles. The molecule has 8 heteroatoms. The minimum Gasteiger partial charge on any atom is -0.367 e. The van der Waals surface area contributed by atoms with Gasteiger partial charge in [-0.05, 0) is 12.8 Å². The van der Waals surface area contributed by atoms with Crippen LogP contribution in [0.15, 0.2) is 6.07 Å². The Hall–Kier alpha value is -1.57. The van der Waals surface area contributed by atoms with Crippen LogP contribution in [-0.4, -0.2) is 16.0 Å². The molecule has 1 heterocycles. The van der Waals surface area contributed by atoms with Crippen molar-refractivity contribution in [1.82, 2.24) is 9.97 Å². The van der Waals surface area contributed by atoms with E-state index in [1.807, 2.05) is 5.43 Å². The number of hydrogen-bond donors (Lipinski definition) is 3. The summed E-state index contributed by atoms with van der Waals surface area (Å²) >= 11 is 0. The standard InChI is InChI=1S/C8H10F3N5/c9-8(10,11)5-3-6(13-4-1-2-4)15-7(14-5)16-12/h3-4H,1-2,12H2,(H2,13,14,15,16). The molecular formula is C8H10F3N5. The smallest absolute Gasteiger partial charge is 0.367 e. The molecule has 16 heavy (non-hydrogen) atoms. The van der Waals surface area contributed by atoms with Gasteiger partial charge >= 0.3 is 6.18 Å². The predicted octanol–water partition coefficient (Wildman–Crippen LogP) is 1.36. The summed E-state index contributed by atoms with van der Waals surface area (Å²) in [4.78, 5) is 7.03. The third kappa shape index (κ3) is 2.51. The number of nitrogens with one attached hydrogen (secondary N) is 2. The lowest BCUT2D eigenvalue weighted by Crippen LogP contribution is -2.17. The van der Waals surface area contributed by atoms with Crippen LogP contribution in [0.4, 0.5) is 24.9 Å². The van der Waals surface area contributed by atoms with E-state index >= 15 is 0 Å². The molecule has 0 unspecified atom stereocenters. The van der Waals surface area contributed by atoms with Gasteiger partial charge in [-0.1, -0.05) is 0 Å². The molecule has 0 amide bonds. The molecule has 0 saturated heterocycles. The van der Waals surface area contributed by atoms with E-state index in [1.54, 1.807) is 0 Å². The Morgan fingerprint density at radius 2 is 2.00 bits per heavy atom. The highest BCUT2D eigenvalue weighted by molar-refractivity contribution is 5.44. The zero-order valence-corrected chi connectivity index (χ0v) is 8.17. The van der Waals surface area contributed by atoms with E-state index in [2.05, 4.69) is 15.3 Å². The minimum absolute atomic E-state index is 0.137. The van der Waals surface area contributed by atoms with Crippen molar-refractivity contribution in [3.8, 4) is 0 Å². The highest BCUT2D eigenvalue weighted by Gasteiger charge is 2.34. The normalized spacial score (nSPS) is 16.0. The van der Waals surface area contributed by atoms with Crippen molar-refractivity contribution in [3.05, 3.63) is 11.8 Å². The van der Waals surface area contributed by atoms with Crippen LogP contribution >= 0.6 is 0 Å². The lowest BCUT2D eigenvalue weighted by molar-refractivity contribution is -0.141.